The second kappa shape index (κ2) is 14.5. The Bertz CT molecular complexity index is 2260. The number of nitro benzene ring substituents is 1. The maximum atomic E-state index is 12.2. The fourth-order valence-electron chi connectivity index (χ4n) is 4.17. The van der Waals surface area contributed by atoms with Crippen molar-refractivity contribution < 1.29 is 47.8 Å². The van der Waals surface area contributed by atoms with Crippen LogP contribution in [0.5, 0.6) is 17.2 Å². The summed E-state index contributed by atoms with van der Waals surface area (Å²) in [5, 5.41) is 79.3. The number of non-ortho nitro benzene ring substituents is 1. The van der Waals surface area contributed by atoms with Gasteiger partial charge in [-0.15, -0.1) is 24.8 Å². The lowest BCUT2D eigenvalue weighted by atomic mass is 10.1. The number of fused-ring (bicyclic) bond motifs is 1. The van der Waals surface area contributed by atoms with E-state index in [0.29, 0.717) is 17.7 Å². The number of hydrogen-bond acceptors (Lipinski definition) is 17. The third kappa shape index (κ3) is 8.16. The molecule has 0 aliphatic heterocycles. The fourth-order valence-corrected chi connectivity index (χ4v) is 5.20. The van der Waals surface area contributed by atoms with Crippen LogP contribution in [-0.2, 0) is 19.5 Å². The Balaban J connectivity index is 1.63. The van der Waals surface area contributed by atoms with E-state index in [1.54, 1.807) is 12.1 Å². The SMILES string of the molecule is Cc1ccc(N=Nc2cc(N=Nc3cc(S(=O)(=O)O)cc4cc(SOOO)c(N=Nc5ccc([N+](=O)[O-])cc5)c(O)c34)c(O)cc2O)cc1. The number of nitro groups is 1. The molecule has 5 rings (SSSR count). The molecule has 0 spiro atoms. The van der Waals surface area contributed by atoms with Gasteiger partial charge in [0.1, 0.15) is 28.6 Å². The molecular weight excluding hydrogens is 686 g/mol. The molecule has 5 aromatic rings. The van der Waals surface area contributed by atoms with Gasteiger partial charge >= 0.3 is 0 Å². The highest BCUT2D eigenvalue weighted by Crippen LogP contribution is 2.48. The zero-order valence-electron chi connectivity index (χ0n) is 24.6. The van der Waals surface area contributed by atoms with Crippen molar-refractivity contribution in [2.75, 3.05) is 0 Å². The molecule has 0 aromatic heterocycles. The van der Waals surface area contributed by atoms with Crippen molar-refractivity contribution in [2.45, 2.75) is 16.7 Å². The number of phenols is 3. The Morgan fingerprint density at radius 3 is 1.92 bits per heavy atom. The normalized spacial score (nSPS) is 12.1. The molecule has 20 heteroatoms. The molecule has 0 atom stereocenters. The third-order valence-electron chi connectivity index (χ3n) is 6.53. The second-order valence-electron chi connectivity index (χ2n) is 9.85. The molecule has 0 radical (unpaired) electrons. The van der Waals surface area contributed by atoms with Gasteiger partial charge in [-0.2, -0.15) is 18.6 Å². The number of aryl methyl sites for hydroxylation is 1. The van der Waals surface area contributed by atoms with Crippen LogP contribution in [0, 0.1) is 17.0 Å². The van der Waals surface area contributed by atoms with Crippen LogP contribution in [0.3, 0.4) is 0 Å². The molecule has 0 amide bonds. The first-order chi connectivity index (χ1) is 23.3. The van der Waals surface area contributed by atoms with E-state index in [2.05, 4.69) is 40.1 Å². The van der Waals surface area contributed by atoms with Crippen LogP contribution in [0.25, 0.3) is 10.8 Å². The Kier molecular flexibility index (Phi) is 10.2. The molecule has 5 N–H and O–H groups in total. The monoisotopic (exact) mass is 707 g/mol. The van der Waals surface area contributed by atoms with E-state index in [1.807, 2.05) is 19.1 Å². The van der Waals surface area contributed by atoms with Crippen molar-refractivity contribution in [1.82, 2.24) is 0 Å². The summed E-state index contributed by atoms with van der Waals surface area (Å²) in [6.45, 7) is 1.89. The number of nitrogens with zero attached hydrogens (tertiary/aromatic N) is 7. The first kappa shape index (κ1) is 34.4. The summed E-state index contributed by atoms with van der Waals surface area (Å²) in [5.74, 6) is -1.65. The van der Waals surface area contributed by atoms with Crippen LogP contribution in [0.1, 0.15) is 5.56 Å². The molecule has 0 aliphatic rings. The molecule has 18 nitrogen and oxygen atoms in total. The van der Waals surface area contributed by atoms with E-state index < -0.39 is 37.2 Å². The highest BCUT2D eigenvalue weighted by molar-refractivity contribution is 7.94. The lowest BCUT2D eigenvalue weighted by Gasteiger charge is -2.12. The molecule has 0 heterocycles. The van der Waals surface area contributed by atoms with Gasteiger partial charge < -0.3 is 15.3 Å². The molecule has 250 valence electrons. The molecule has 49 heavy (non-hydrogen) atoms. The number of aromatic hydroxyl groups is 3. The van der Waals surface area contributed by atoms with Crippen molar-refractivity contribution in [3.63, 3.8) is 0 Å². The van der Waals surface area contributed by atoms with Gasteiger partial charge in [0.15, 0.2) is 5.75 Å². The molecule has 0 fully saturated rings. The minimum atomic E-state index is -4.85. The van der Waals surface area contributed by atoms with Gasteiger partial charge in [-0.25, -0.2) is 5.26 Å². The smallest absolute Gasteiger partial charge is 0.294 e. The average Bonchev–Trinajstić information content (AvgIpc) is 3.06. The fraction of sp³-hybridized carbons (Fsp3) is 0.0345. The summed E-state index contributed by atoms with van der Waals surface area (Å²) in [6, 6.07) is 17.1. The highest BCUT2D eigenvalue weighted by Gasteiger charge is 2.22. The number of rotatable bonds is 11. The van der Waals surface area contributed by atoms with Crippen LogP contribution < -0.4 is 0 Å². The van der Waals surface area contributed by atoms with E-state index in [4.69, 9.17) is 5.26 Å². The number of benzene rings is 5. The number of hydrogen-bond donors (Lipinski definition) is 5. The Morgan fingerprint density at radius 1 is 0.755 bits per heavy atom. The summed E-state index contributed by atoms with van der Waals surface area (Å²) >= 11 is 0.338. The van der Waals surface area contributed by atoms with E-state index in [9.17, 15) is 38.4 Å². The molecule has 0 saturated carbocycles. The summed E-state index contributed by atoms with van der Waals surface area (Å²) in [4.78, 5) is 9.62. The lowest BCUT2D eigenvalue weighted by molar-refractivity contribution is -0.432. The van der Waals surface area contributed by atoms with Gasteiger partial charge in [0.2, 0.25) is 0 Å². The Labute approximate surface area is 279 Å². The first-order valence-corrected chi connectivity index (χ1v) is 15.6. The van der Waals surface area contributed by atoms with Gasteiger partial charge in [-0.05, 0) is 54.8 Å². The van der Waals surface area contributed by atoms with E-state index in [-0.39, 0.29) is 49.8 Å². The third-order valence-corrected chi connectivity index (χ3v) is 7.98. The Hall–Kier alpha value is -5.90. The minimum absolute atomic E-state index is 0.0533. The minimum Gasteiger partial charge on any atom is -0.505 e. The topological polar surface area (TPSA) is 271 Å². The predicted molar refractivity (Wildman–Crippen MR) is 173 cm³/mol. The standard InChI is InChI=1S/C29H21N7O11S2/c1-15-2-4-17(5-3-15)30-32-21-13-22(25(38)14-24(21)37)33-34-23-12-20(49(43,44)45)10-16-11-26(48-47-46-42)28(29(39)27(16)23)35-31-18-6-8-19(9-7-18)36(40)41/h2-14,37-39,42H,1H3,(H,43,44,45). The summed E-state index contributed by atoms with van der Waals surface area (Å²) < 4.78 is 38.6. The quantitative estimate of drug-likeness (QED) is 0.0215. The van der Waals surface area contributed by atoms with Crippen LogP contribution in [0.15, 0.2) is 119 Å². The van der Waals surface area contributed by atoms with Crippen molar-refractivity contribution in [2.24, 2.45) is 30.7 Å². The summed E-state index contributed by atoms with van der Waals surface area (Å²) in [5.41, 5.74) is 0.389. The molecule has 0 bridgehead atoms. The zero-order chi connectivity index (χ0) is 35.3. The summed E-state index contributed by atoms with van der Waals surface area (Å²) in [7, 11) is -4.85. The summed E-state index contributed by atoms with van der Waals surface area (Å²) in [6.07, 6.45) is 0. The molecule has 5 aromatic carbocycles. The first-order valence-electron chi connectivity index (χ1n) is 13.4. The maximum Gasteiger partial charge on any atom is 0.294 e. The highest BCUT2D eigenvalue weighted by atomic mass is 32.2. The predicted octanol–water partition coefficient (Wildman–Crippen LogP) is 9.09. The number of phenolic OH excluding ortho intramolecular Hbond substituents is 3. The van der Waals surface area contributed by atoms with E-state index in [1.165, 1.54) is 30.3 Å². The van der Waals surface area contributed by atoms with Gasteiger partial charge in [-0.3, -0.25) is 14.7 Å². The largest absolute Gasteiger partial charge is 0.505 e. The molecular formula is C29H21N7O11S2. The second-order valence-corrected chi connectivity index (χ2v) is 12.0. The molecule has 0 aliphatic carbocycles. The lowest BCUT2D eigenvalue weighted by Crippen LogP contribution is -1.98. The van der Waals surface area contributed by atoms with Crippen LogP contribution in [-0.4, -0.2) is 38.5 Å². The van der Waals surface area contributed by atoms with E-state index >= 15 is 0 Å². The van der Waals surface area contributed by atoms with Crippen molar-refractivity contribution in [3.8, 4) is 17.2 Å². The van der Waals surface area contributed by atoms with Crippen molar-refractivity contribution in [1.29, 1.82) is 0 Å². The van der Waals surface area contributed by atoms with Gasteiger partial charge in [0.05, 0.1) is 49.2 Å². The van der Waals surface area contributed by atoms with Crippen LogP contribution >= 0.6 is 12.0 Å². The van der Waals surface area contributed by atoms with Gasteiger partial charge in [0, 0.05) is 24.3 Å². The average molecular weight is 708 g/mol. The van der Waals surface area contributed by atoms with Crippen LogP contribution in [0.4, 0.5) is 39.8 Å². The molecule has 0 saturated heterocycles. The van der Waals surface area contributed by atoms with Crippen molar-refractivity contribution in [3.05, 3.63) is 94.5 Å². The van der Waals surface area contributed by atoms with Crippen molar-refractivity contribution >= 4 is 72.7 Å². The van der Waals surface area contributed by atoms with E-state index in [0.717, 1.165) is 29.8 Å². The molecule has 0 unspecified atom stereocenters. The van der Waals surface area contributed by atoms with Gasteiger partial charge in [0.25, 0.3) is 15.8 Å². The van der Waals surface area contributed by atoms with Gasteiger partial charge in [-0.1, -0.05) is 22.7 Å². The Morgan fingerprint density at radius 2 is 1.33 bits per heavy atom. The number of azo groups is 3. The zero-order valence-corrected chi connectivity index (χ0v) is 26.3. The van der Waals surface area contributed by atoms with Crippen LogP contribution in [0.2, 0.25) is 0 Å². The maximum absolute atomic E-state index is 12.2.